The van der Waals surface area contributed by atoms with Crippen molar-refractivity contribution in [1.29, 1.82) is 0 Å². The fourth-order valence-corrected chi connectivity index (χ4v) is 0.907. The Kier molecular flexibility index (Phi) is 6.70. The van der Waals surface area contributed by atoms with Gasteiger partial charge in [0.05, 0.1) is 7.11 Å². The summed E-state index contributed by atoms with van der Waals surface area (Å²) < 4.78 is 5.02. The number of hydrogen-bond donors (Lipinski definition) is 0. The molecular weight excluding hydrogens is 160 g/mol. The van der Waals surface area contributed by atoms with Gasteiger partial charge in [-0.2, -0.15) is 0 Å². The van der Waals surface area contributed by atoms with Crippen molar-refractivity contribution in [2.24, 2.45) is 0 Å². The Hall–Kier alpha value is -1.24. The van der Waals surface area contributed by atoms with Crippen LogP contribution in [-0.4, -0.2) is 7.11 Å². The van der Waals surface area contributed by atoms with Crippen molar-refractivity contribution in [3.63, 3.8) is 0 Å². The van der Waals surface area contributed by atoms with E-state index in [1.807, 2.05) is 51.1 Å². The first-order chi connectivity index (χ1) is 6.36. The Morgan fingerprint density at radius 1 is 1.08 bits per heavy atom. The van der Waals surface area contributed by atoms with Gasteiger partial charge in [-0.15, -0.1) is 0 Å². The van der Waals surface area contributed by atoms with E-state index in [0.29, 0.717) is 0 Å². The first-order valence-corrected chi connectivity index (χ1v) is 4.63. The molecule has 0 aliphatic rings. The van der Waals surface area contributed by atoms with E-state index in [4.69, 9.17) is 4.74 Å². The van der Waals surface area contributed by atoms with E-state index in [0.717, 1.165) is 5.75 Å². The van der Waals surface area contributed by atoms with Crippen molar-refractivity contribution in [2.75, 3.05) is 7.11 Å². The first-order valence-electron chi connectivity index (χ1n) is 4.63. The van der Waals surface area contributed by atoms with E-state index in [9.17, 15) is 0 Å². The van der Waals surface area contributed by atoms with Crippen LogP contribution >= 0.6 is 0 Å². The van der Waals surface area contributed by atoms with Crippen molar-refractivity contribution in [3.05, 3.63) is 35.9 Å². The largest absolute Gasteiger partial charge is 0.497 e. The maximum atomic E-state index is 5.02. The molecule has 0 fully saturated rings. The normalized spacial score (nSPS) is 9.23. The summed E-state index contributed by atoms with van der Waals surface area (Å²) in [7, 11) is 1.67. The fourth-order valence-electron chi connectivity index (χ4n) is 0.907. The highest BCUT2D eigenvalue weighted by molar-refractivity contribution is 5.50. The summed E-state index contributed by atoms with van der Waals surface area (Å²) in [6.07, 6.45) is 4.07. The molecule has 0 heterocycles. The standard InChI is InChI=1S/C10H12O.C2H6/c1-3-4-9-5-7-10(11-2)8-6-9;1-2/h3-8H,1-2H3;1-2H3/b4-3+;. The Labute approximate surface area is 81.1 Å². The molecule has 0 aliphatic carbocycles. The molecule has 0 unspecified atom stereocenters. The van der Waals surface area contributed by atoms with Crippen LogP contribution in [0.1, 0.15) is 26.3 Å². The molecule has 0 aromatic heterocycles. The second kappa shape index (κ2) is 7.41. The van der Waals surface area contributed by atoms with Crippen molar-refractivity contribution in [2.45, 2.75) is 20.8 Å². The minimum Gasteiger partial charge on any atom is -0.497 e. The van der Waals surface area contributed by atoms with Crippen LogP contribution in [0.2, 0.25) is 0 Å². The summed E-state index contributed by atoms with van der Waals surface area (Å²) in [6.45, 7) is 6.00. The Bertz CT molecular complexity index is 234. The van der Waals surface area contributed by atoms with E-state index in [2.05, 4.69) is 6.08 Å². The molecule has 1 aromatic rings. The SMILES string of the molecule is C/C=C/c1ccc(OC)cc1.CC. The second-order valence-corrected chi connectivity index (χ2v) is 2.27. The molecule has 0 aliphatic heterocycles. The molecule has 0 N–H and O–H groups in total. The fraction of sp³-hybridized carbons (Fsp3) is 0.333. The van der Waals surface area contributed by atoms with Crippen LogP contribution in [-0.2, 0) is 0 Å². The van der Waals surface area contributed by atoms with Gasteiger partial charge in [-0.3, -0.25) is 0 Å². The molecule has 13 heavy (non-hydrogen) atoms. The third kappa shape index (κ3) is 4.36. The van der Waals surface area contributed by atoms with Gasteiger partial charge < -0.3 is 4.74 Å². The van der Waals surface area contributed by atoms with Crippen LogP contribution in [0.4, 0.5) is 0 Å². The van der Waals surface area contributed by atoms with E-state index >= 15 is 0 Å². The van der Waals surface area contributed by atoms with Crippen molar-refractivity contribution in [3.8, 4) is 5.75 Å². The lowest BCUT2D eigenvalue weighted by Crippen LogP contribution is -1.80. The average Bonchev–Trinajstić information content (AvgIpc) is 2.23. The van der Waals surface area contributed by atoms with Crippen molar-refractivity contribution < 1.29 is 4.74 Å². The summed E-state index contributed by atoms with van der Waals surface area (Å²) in [4.78, 5) is 0. The summed E-state index contributed by atoms with van der Waals surface area (Å²) >= 11 is 0. The third-order valence-corrected chi connectivity index (χ3v) is 1.47. The van der Waals surface area contributed by atoms with Gasteiger partial charge in [-0.1, -0.05) is 38.1 Å². The number of allylic oxidation sites excluding steroid dienone is 1. The quantitative estimate of drug-likeness (QED) is 0.670. The predicted octanol–water partition coefficient (Wildman–Crippen LogP) is 3.75. The Morgan fingerprint density at radius 3 is 2.00 bits per heavy atom. The average molecular weight is 178 g/mol. The van der Waals surface area contributed by atoms with Gasteiger partial charge in [0.25, 0.3) is 0 Å². The van der Waals surface area contributed by atoms with Crippen LogP contribution in [0.3, 0.4) is 0 Å². The van der Waals surface area contributed by atoms with Crippen LogP contribution < -0.4 is 4.74 Å². The topological polar surface area (TPSA) is 9.23 Å². The van der Waals surface area contributed by atoms with Gasteiger partial charge in [-0.25, -0.2) is 0 Å². The van der Waals surface area contributed by atoms with Gasteiger partial charge >= 0.3 is 0 Å². The maximum Gasteiger partial charge on any atom is 0.118 e. The van der Waals surface area contributed by atoms with E-state index in [1.54, 1.807) is 7.11 Å². The smallest absolute Gasteiger partial charge is 0.118 e. The molecule has 0 radical (unpaired) electrons. The number of rotatable bonds is 2. The van der Waals surface area contributed by atoms with Gasteiger partial charge in [-0.05, 0) is 24.6 Å². The summed E-state index contributed by atoms with van der Waals surface area (Å²) in [5.41, 5.74) is 1.20. The molecular formula is C12H18O. The molecule has 1 rings (SSSR count). The molecule has 1 aromatic carbocycles. The van der Waals surface area contributed by atoms with Gasteiger partial charge in [0.15, 0.2) is 0 Å². The van der Waals surface area contributed by atoms with Gasteiger partial charge in [0.2, 0.25) is 0 Å². The number of methoxy groups -OCH3 is 1. The minimum atomic E-state index is 0.901. The zero-order chi connectivity index (χ0) is 10.1. The van der Waals surface area contributed by atoms with Crippen LogP contribution in [0, 0.1) is 0 Å². The predicted molar refractivity (Wildman–Crippen MR) is 59.1 cm³/mol. The molecule has 0 amide bonds. The molecule has 0 bridgehead atoms. The van der Waals surface area contributed by atoms with E-state index in [-0.39, 0.29) is 0 Å². The van der Waals surface area contributed by atoms with Crippen molar-refractivity contribution >= 4 is 6.08 Å². The van der Waals surface area contributed by atoms with Crippen molar-refractivity contribution in [1.82, 2.24) is 0 Å². The van der Waals surface area contributed by atoms with Gasteiger partial charge in [0, 0.05) is 0 Å². The molecule has 1 heteroatoms. The van der Waals surface area contributed by atoms with Gasteiger partial charge in [0.1, 0.15) is 5.75 Å². The number of benzene rings is 1. The summed E-state index contributed by atoms with van der Waals surface area (Å²) in [6, 6.07) is 7.96. The highest BCUT2D eigenvalue weighted by Crippen LogP contribution is 2.11. The Morgan fingerprint density at radius 2 is 1.62 bits per heavy atom. The zero-order valence-corrected chi connectivity index (χ0v) is 8.87. The minimum absolute atomic E-state index is 0.901. The highest BCUT2D eigenvalue weighted by Gasteiger charge is 1.87. The van der Waals surface area contributed by atoms with E-state index in [1.165, 1.54) is 5.56 Å². The molecule has 0 saturated carbocycles. The molecule has 1 nitrogen and oxygen atoms in total. The summed E-state index contributed by atoms with van der Waals surface area (Å²) in [5, 5.41) is 0. The molecule has 72 valence electrons. The number of ether oxygens (including phenoxy) is 1. The molecule has 0 atom stereocenters. The third-order valence-electron chi connectivity index (χ3n) is 1.47. The maximum absolute atomic E-state index is 5.02. The number of hydrogen-bond acceptors (Lipinski definition) is 1. The molecule has 0 spiro atoms. The van der Waals surface area contributed by atoms with E-state index < -0.39 is 0 Å². The lowest BCUT2D eigenvalue weighted by atomic mass is 10.2. The highest BCUT2D eigenvalue weighted by atomic mass is 16.5. The lowest BCUT2D eigenvalue weighted by molar-refractivity contribution is 0.415. The monoisotopic (exact) mass is 178 g/mol. The molecule has 0 saturated heterocycles. The zero-order valence-electron chi connectivity index (χ0n) is 8.87. The van der Waals surface area contributed by atoms with Crippen LogP contribution in [0.5, 0.6) is 5.75 Å². The first kappa shape index (κ1) is 11.8. The Balaban J connectivity index is 0.000000671. The lowest BCUT2D eigenvalue weighted by Gasteiger charge is -1.98. The second-order valence-electron chi connectivity index (χ2n) is 2.27. The van der Waals surface area contributed by atoms with Crippen LogP contribution in [0.15, 0.2) is 30.3 Å². The van der Waals surface area contributed by atoms with Crippen LogP contribution in [0.25, 0.3) is 6.08 Å². The summed E-state index contributed by atoms with van der Waals surface area (Å²) in [5.74, 6) is 0.901.